The lowest BCUT2D eigenvalue weighted by molar-refractivity contribution is -0.185. The third kappa shape index (κ3) is 4.94. The number of aliphatic hydroxyl groups is 3. The van der Waals surface area contributed by atoms with Crippen LogP contribution in [0.1, 0.15) is 81.8 Å². The number of Topliss-reactive ketones (excluding diaryl/α,β-unsaturated/α-hetero) is 2. The van der Waals surface area contributed by atoms with Gasteiger partial charge in [-0.05, 0) is 81.5 Å². The predicted molar refractivity (Wildman–Crippen MR) is 166 cm³/mol. The molecule has 2 bridgehead atoms. The van der Waals surface area contributed by atoms with Crippen molar-refractivity contribution in [2.45, 2.75) is 88.4 Å². The topological polar surface area (TPSA) is 188 Å². The second kappa shape index (κ2) is 11.8. The van der Waals surface area contributed by atoms with Crippen molar-refractivity contribution in [3.63, 3.8) is 0 Å². The largest absolute Gasteiger partial charge is 0.508 e. The maximum Gasteiger partial charge on any atom is 0.306 e. The first-order valence-corrected chi connectivity index (χ1v) is 16.4. The van der Waals surface area contributed by atoms with Crippen LogP contribution in [0.15, 0.2) is 35.1 Å². The van der Waals surface area contributed by atoms with Crippen LogP contribution in [-0.4, -0.2) is 80.6 Å². The Labute approximate surface area is 268 Å². The van der Waals surface area contributed by atoms with Gasteiger partial charge in [0.2, 0.25) is 5.78 Å². The molecule has 5 aliphatic carbocycles. The summed E-state index contributed by atoms with van der Waals surface area (Å²) in [7, 11) is 3.01. The maximum absolute atomic E-state index is 14.3. The van der Waals surface area contributed by atoms with Crippen LogP contribution in [0.2, 0.25) is 0 Å². The van der Waals surface area contributed by atoms with Crippen LogP contribution < -0.4 is 5.73 Å². The zero-order valence-corrected chi connectivity index (χ0v) is 26.6. The van der Waals surface area contributed by atoms with Crippen molar-refractivity contribution in [1.29, 1.82) is 0 Å². The van der Waals surface area contributed by atoms with E-state index < -0.39 is 76.0 Å². The minimum atomic E-state index is -2.94. The Hall–Kier alpha value is -3.70. The van der Waals surface area contributed by atoms with Gasteiger partial charge < -0.3 is 30.9 Å². The summed E-state index contributed by atoms with van der Waals surface area (Å²) in [5.41, 5.74) is 1.68. The van der Waals surface area contributed by atoms with Crippen LogP contribution in [0.25, 0.3) is 5.76 Å². The third-order valence-corrected chi connectivity index (χ3v) is 11.5. The summed E-state index contributed by atoms with van der Waals surface area (Å²) in [6, 6.07) is 3.21. The quantitative estimate of drug-likeness (QED) is 0.219. The Balaban J connectivity index is 1.39. The number of nitrogens with zero attached hydrogens (tertiary/aromatic N) is 1. The summed E-state index contributed by atoms with van der Waals surface area (Å²) in [6.07, 6.45) is 7.63. The molecular weight excluding hydrogens is 592 g/mol. The molecule has 5 aliphatic rings. The number of primary amides is 1. The molecule has 0 saturated heterocycles. The number of likely N-dealkylation sites (N-methyl/N-ethyl adjacent to an activating group) is 1. The molecule has 248 valence electrons. The first-order chi connectivity index (χ1) is 21.8. The molecule has 6 rings (SSSR count). The van der Waals surface area contributed by atoms with Crippen LogP contribution in [0, 0.1) is 29.6 Å². The molecule has 0 heterocycles. The number of ether oxygens (including phenoxy) is 1. The number of rotatable bonds is 7. The molecule has 2 unspecified atom stereocenters. The molecule has 0 aromatic heterocycles. The SMILES string of the molecule is C[C@H]1c2cccc(O)c2C(O)=C2C(=O)[C@]3(O)C(O)=C(C(N)=O)C(=O)[C@@H](N(C)C)[C@@H]3[C@@H](OC(=O)CCCC3CC4CCCC(C3)C4)[C@@H]21. The highest BCUT2D eigenvalue weighted by molar-refractivity contribution is 6.24. The summed E-state index contributed by atoms with van der Waals surface area (Å²) in [6.45, 7) is 1.74. The number of esters is 1. The van der Waals surface area contributed by atoms with Gasteiger partial charge in [0.15, 0.2) is 11.4 Å². The van der Waals surface area contributed by atoms with Crippen LogP contribution >= 0.6 is 0 Å². The van der Waals surface area contributed by atoms with Crippen molar-refractivity contribution in [3.05, 3.63) is 46.2 Å². The number of aromatic hydroxyl groups is 1. The van der Waals surface area contributed by atoms with Gasteiger partial charge in [-0.15, -0.1) is 0 Å². The number of nitrogens with two attached hydrogens (primary N) is 1. The lowest BCUT2D eigenvalue weighted by Crippen LogP contribution is -2.71. The van der Waals surface area contributed by atoms with Gasteiger partial charge in [0.1, 0.15) is 28.9 Å². The Morgan fingerprint density at radius 2 is 1.74 bits per heavy atom. The Bertz CT molecular complexity index is 1530. The molecule has 1 amide bonds. The van der Waals surface area contributed by atoms with E-state index in [0.29, 0.717) is 17.9 Å². The van der Waals surface area contributed by atoms with Crippen LogP contribution in [-0.2, 0) is 23.9 Å². The number of phenolic OH excluding ortho intramolecular Hbond substituents is 1. The van der Waals surface area contributed by atoms with Gasteiger partial charge in [-0.25, -0.2) is 0 Å². The fourth-order valence-corrected chi connectivity index (χ4v) is 9.54. The van der Waals surface area contributed by atoms with Crippen LogP contribution in [0.4, 0.5) is 0 Å². The summed E-state index contributed by atoms with van der Waals surface area (Å²) in [5, 5.41) is 45.7. The van der Waals surface area contributed by atoms with Gasteiger partial charge in [0.05, 0.1) is 17.5 Å². The van der Waals surface area contributed by atoms with Gasteiger partial charge in [-0.2, -0.15) is 0 Å². The van der Waals surface area contributed by atoms with Crippen molar-refractivity contribution >= 4 is 29.2 Å². The van der Waals surface area contributed by atoms with Gasteiger partial charge in [-0.3, -0.25) is 24.1 Å². The van der Waals surface area contributed by atoms with Gasteiger partial charge in [0, 0.05) is 17.9 Å². The van der Waals surface area contributed by atoms with E-state index in [0.717, 1.165) is 18.3 Å². The minimum absolute atomic E-state index is 0.0198. The lowest BCUT2D eigenvalue weighted by atomic mass is 9.54. The average Bonchev–Trinajstić information content (AvgIpc) is 2.98. The first kappa shape index (κ1) is 32.2. The summed E-state index contributed by atoms with van der Waals surface area (Å²) in [5.74, 6) is -7.37. The normalized spacial score (nSPS) is 35.4. The van der Waals surface area contributed by atoms with E-state index >= 15 is 0 Å². The zero-order valence-electron chi connectivity index (χ0n) is 26.6. The molecule has 6 N–H and O–H groups in total. The van der Waals surface area contributed by atoms with Crippen LogP contribution in [0.5, 0.6) is 5.75 Å². The fraction of sp³-hybridized carbons (Fsp3) is 0.600. The highest BCUT2D eigenvalue weighted by atomic mass is 16.5. The van der Waals surface area contributed by atoms with Crippen molar-refractivity contribution in [2.24, 2.45) is 35.3 Å². The zero-order chi connectivity index (χ0) is 33.2. The number of carbonyl (C=O) groups excluding carboxylic acids is 4. The number of aliphatic hydroxyl groups excluding tert-OH is 2. The molecule has 8 atom stereocenters. The second-order valence-corrected chi connectivity index (χ2v) is 14.4. The van der Waals surface area contributed by atoms with E-state index in [1.165, 1.54) is 63.6 Å². The van der Waals surface area contributed by atoms with Crippen molar-refractivity contribution in [2.75, 3.05) is 14.1 Å². The summed E-state index contributed by atoms with van der Waals surface area (Å²) < 4.78 is 6.16. The molecule has 1 aromatic carbocycles. The summed E-state index contributed by atoms with van der Waals surface area (Å²) >= 11 is 0. The Morgan fingerprint density at radius 3 is 2.37 bits per heavy atom. The molecule has 1 aromatic rings. The van der Waals surface area contributed by atoms with E-state index in [4.69, 9.17) is 10.5 Å². The number of amides is 1. The number of carbonyl (C=O) groups is 4. The predicted octanol–water partition coefficient (Wildman–Crippen LogP) is 3.43. The van der Waals surface area contributed by atoms with Gasteiger partial charge in [0.25, 0.3) is 5.91 Å². The number of ketones is 2. The minimum Gasteiger partial charge on any atom is -0.508 e. The molecular formula is C35H44N2O9. The summed E-state index contributed by atoms with van der Waals surface area (Å²) in [4.78, 5) is 55.5. The van der Waals surface area contributed by atoms with Crippen molar-refractivity contribution in [1.82, 2.24) is 4.90 Å². The van der Waals surface area contributed by atoms with E-state index in [2.05, 4.69) is 0 Å². The van der Waals surface area contributed by atoms with Gasteiger partial charge >= 0.3 is 5.97 Å². The highest BCUT2D eigenvalue weighted by Gasteiger charge is 2.69. The fourth-order valence-electron chi connectivity index (χ4n) is 9.54. The highest BCUT2D eigenvalue weighted by Crippen LogP contribution is 2.57. The number of benzene rings is 1. The van der Waals surface area contributed by atoms with Crippen molar-refractivity contribution in [3.8, 4) is 5.75 Å². The molecule has 46 heavy (non-hydrogen) atoms. The number of fused-ring (bicyclic) bond motifs is 5. The first-order valence-electron chi connectivity index (χ1n) is 16.4. The molecule has 0 aliphatic heterocycles. The Morgan fingerprint density at radius 1 is 1.07 bits per heavy atom. The van der Waals surface area contributed by atoms with Gasteiger partial charge in [-0.1, -0.05) is 38.3 Å². The molecule has 11 heteroatoms. The van der Waals surface area contributed by atoms with Crippen LogP contribution in [0.3, 0.4) is 0 Å². The smallest absolute Gasteiger partial charge is 0.306 e. The average molecular weight is 637 g/mol. The van der Waals surface area contributed by atoms with Crippen molar-refractivity contribution < 1.29 is 44.3 Å². The standard InChI is InChI=1S/C35H44N2O9/c1-16-20-10-6-11-21(38)24(20)29(40)25-23(16)31(46-22(39)12-5-9-19-14-17-7-4-8-18(13-17)15-19)27-28(37(2)3)30(41)26(34(36)44)33(43)35(27,45)32(25)42/h6,10-11,16-19,23,27-28,31,38,40,43,45H,4-5,7-9,12-15H2,1-3H3,(H2,36,44)/t16-,17?,18?,19?,23+,27+,28-,31-,35-/m0/s1. The number of hydrogen-bond donors (Lipinski definition) is 5. The monoisotopic (exact) mass is 636 g/mol. The van der Waals surface area contributed by atoms with E-state index in [-0.39, 0.29) is 23.3 Å². The second-order valence-electron chi connectivity index (χ2n) is 14.4. The number of hydrogen-bond acceptors (Lipinski definition) is 10. The molecule has 11 nitrogen and oxygen atoms in total. The molecule has 0 spiro atoms. The lowest BCUT2D eigenvalue weighted by Gasteiger charge is -2.54. The molecule has 0 radical (unpaired) electrons. The van der Waals surface area contributed by atoms with E-state index in [1.54, 1.807) is 19.1 Å². The van der Waals surface area contributed by atoms with E-state index in [1.807, 2.05) is 0 Å². The molecule has 3 fully saturated rings. The maximum atomic E-state index is 14.3. The molecule has 3 saturated carbocycles. The number of phenols is 1. The Kier molecular flexibility index (Phi) is 8.29. The van der Waals surface area contributed by atoms with E-state index in [9.17, 15) is 39.6 Å². The third-order valence-electron chi connectivity index (χ3n) is 11.5.